The molecule has 0 aliphatic carbocycles. The molecule has 1 aromatic heterocycles. The molecule has 160 valence electrons. The Balaban J connectivity index is 1.68. The van der Waals surface area contributed by atoms with Crippen LogP contribution < -0.4 is 15.4 Å². The summed E-state index contributed by atoms with van der Waals surface area (Å²) < 4.78 is 7.54. The number of para-hydroxylation sites is 4. The topological polar surface area (TPSA) is 68.2 Å². The van der Waals surface area contributed by atoms with Gasteiger partial charge < -0.3 is 15.4 Å². The maximum atomic E-state index is 13.7. The molecule has 6 nitrogen and oxygen atoms in total. The van der Waals surface area contributed by atoms with Crippen LogP contribution in [0.2, 0.25) is 0 Å². The number of nitrogens with zero attached hydrogens (tertiary/aromatic N) is 2. The molecule has 0 saturated heterocycles. The van der Waals surface area contributed by atoms with Crippen LogP contribution in [0.5, 0.6) is 5.75 Å². The molecule has 6 heteroatoms. The molecule has 0 spiro atoms. The van der Waals surface area contributed by atoms with E-state index in [1.807, 2.05) is 67.6 Å². The van der Waals surface area contributed by atoms with Crippen LogP contribution in [0.3, 0.4) is 0 Å². The third kappa shape index (κ3) is 3.21. The van der Waals surface area contributed by atoms with E-state index in [0.29, 0.717) is 17.0 Å². The quantitative estimate of drug-likeness (QED) is 0.468. The van der Waals surface area contributed by atoms with E-state index in [4.69, 9.17) is 9.72 Å². The lowest BCUT2D eigenvalue weighted by Crippen LogP contribution is -2.31. The standard InChI is InChI=1S/C26H24N4O2/c1-16-10-4-5-11-18(16)24-23(25(31)28-20-13-7-9-15-22(20)32-3)17(2)27-26-29-19-12-6-8-14-21(19)30(24)26/h4-15,24H,1-3H3,(H,27,29)(H,28,31)/t24-/m0/s1. The van der Waals surface area contributed by atoms with Gasteiger partial charge in [0.05, 0.1) is 35.4 Å². The van der Waals surface area contributed by atoms with Crippen LogP contribution in [0.25, 0.3) is 11.0 Å². The highest BCUT2D eigenvalue weighted by Gasteiger charge is 2.35. The fraction of sp³-hybridized carbons (Fsp3) is 0.154. The maximum absolute atomic E-state index is 13.7. The summed E-state index contributed by atoms with van der Waals surface area (Å²) in [6, 6.07) is 23.2. The first-order chi connectivity index (χ1) is 15.6. The highest BCUT2D eigenvalue weighted by atomic mass is 16.5. The predicted molar refractivity (Wildman–Crippen MR) is 127 cm³/mol. The number of methoxy groups -OCH3 is 1. The largest absolute Gasteiger partial charge is 0.495 e. The Morgan fingerprint density at radius 3 is 2.53 bits per heavy atom. The molecule has 0 unspecified atom stereocenters. The van der Waals surface area contributed by atoms with Gasteiger partial charge in [-0.1, -0.05) is 48.5 Å². The summed E-state index contributed by atoms with van der Waals surface area (Å²) in [7, 11) is 1.59. The van der Waals surface area contributed by atoms with Gasteiger partial charge in [0.15, 0.2) is 0 Å². The second-order valence-corrected chi connectivity index (χ2v) is 7.87. The number of aromatic nitrogens is 2. The van der Waals surface area contributed by atoms with E-state index in [2.05, 4.69) is 34.3 Å². The van der Waals surface area contributed by atoms with Crippen molar-refractivity contribution < 1.29 is 9.53 Å². The van der Waals surface area contributed by atoms with E-state index in [1.165, 1.54) is 0 Å². The monoisotopic (exact) mass is 424 g/mol. The van der Waals surface area contributed by atoms with E-state index >= 15 is 0 Å². The van der Waals surface area contributed by atoms with Crippen molar-refractivity contribution in [2.45, 2.75) is 19.9 Å². The van der Waals surface area contributed by atoms with Crippen LogP contribution in [0, 0.1) is 6.92 Å². The number of hydrogen-bond donors (Lipinski definition) is 2. The van der Waals surface area contributed by atoms with Crippen LogP contribution in [0.15, 0.2) is 84.1 Å². The molecule has 5 rings (SSSR count). The zero-order valence-corrected chi connectivity index (χ0v) is 18.2. The number of carbonyl (C=O) groups is 1. The smallest absolute Gasteiger partial charge is 0.255 e. The lowest BCUT2D eigenvalue weighted by Gasteiger charge is -2.31. The van der Waals surface area contributed by atoms with Gasteiger partial charge in [0.2, 0.25) is 5.95 Å². The lowest BCUT2D eigenvalue weighted by molar-refractivity contribution is -0.113. The molecule has 1 aliphatic heterocycles. The van der Waals surface area contributed by atoms with E-state index in [9.17, 15) is 4.79 Å². The molecule has 1 amide bonds. The Kier molecular flexibility index (Phi) is 4.90. The third-order valence-electron chi connectivity index (χ3n) is 5.91. The van der Waals surface area contributed by atoms with Gasteiger partial charge >= 0.3 is 0 Å². The van der Waals surface area contributed by atoms with Crippen LogP contribution in [-0.2, 0) is 4.79 Å². The Morgan fingerprint density at radius 2 is 1.72 bits per heavy atom. The molecule has 0 radical (unpaired) electrons. The summed E-state index contributed by atoms with van der Waals surface area (Å²) in [5.74, 6) is 1.16. The van der Waals surface area contributed by atoms with Gasteiger partial charge in [0.25, 0.3) is 5.91 Å². The van der Waals surface area contributed by atoms with Crippen molar-refractivity contribution in [3.8, 4) is 5.75 Å². The number of amides is 1. The molecule has 1 atom stereocenters. The molecule has 2 N–H and O–H groups in total. The summed E-state index contributed by atoms with van der Waals surface area (Å²) in [5.41, 5.74) is 6.06. The average Bonchev–Trinajstić information content (AvgIpc) is 3.16. The molecule has 2 heterocycles. The van der Waals surface area contributed by atoms with Crippen LogP contribution in [0.4, 0.5) is 11.6 Å². The van der Waals surface area contributed by atoms with Crippen molar-refractivity contribution in [1.82, 2.24) is 9.55 Å². The van der Waals surface area contributed by atoms with E-state index in [1.54, 1.807) is 7.11 Å². The number of aryl methyl sites for hydroxylation is 1. The highest BCUT2D eigenvalue weighted by molar-refractivity contribution is 6.07. The summed E-state index contributed by atoms with van der Waals surface area (Å²) in [6.07, 6.45) is 0. The molecule has 3 aromatic carbocycles. The SMILES string of the molecule is COc1ccccc1NC(=O)C1=C(C)Nc2nc3ccccc3n2[C@H]1c1ccccc1C. The van der Waals surface area contributed by atoms with Crippen molar-refractivity contribution in [3.05, 3.63) is 95.2 Å². The zero-order valence-electron chi connectivity index (χ0n) is 18.2. The number of rotatable bonds is 4. The first-order valence-electron chi connectivity index (χ1n) is 10.5. The zero-order chi connectivity index (χ0) is 22.2. The molecule has 32 heavy (non-hydrogen) atoms. The van der Waals surface area contributed by atoms with Crippen molar-refractivity contribution in [2.75, 3.05) is 17.7 Å². The fourth-order valence-corrected chi connectivity index (χ4v) is 4.38. The first kappa shape index (κ1) is 19.9. The number of ether oxygens (including phenoxy) is 1. The number of carbonyl (C=O) groups excluding carboxylic acids is 1. The molecule has 0 fully saturated rings. The number of nitrogens with one attached hydrogen (secondary N) is 2. The van der Waals surface area contributed by atoms with Gasteiger partial charge in [-0.2, -0.15) is 0 Å². The summed E-state index contributed by atoms with van der Waals surface area (Å²) in [6.45, 7) is 3.99. The third-order valence-corrected chi connectivity index (χ3v) is 5.91. The Bertz CT molecular complexity index is 1370. The highest BCUT2D eigenvalue weighted by Crippen LogP contribution is 2.40. The van der Waals surface area contributed by atoms with E-state index in [0.717, 1.165) is 33.8 Å². The second kappa shape index (κ2) is 7.89. The van der Waals surface area contributed by atoms with Crippen molar-refractivity contribution >= 4 is 28.6 Å². The number of benzene rings is 3. The number of fused-ring (bicyclic) bond motifs is 3. The molecular formula is C26H24N4O2. The first-order valence-corrected chi connectivity index (χ1v) is 10.5. The Morgan fingerprint density at radius 1 is 1.00 bits per heavy atom. The molecule has 1 aliphatic rings. The lowest BCUT2D eigenvalue weighted by atomic mass is 9.91. The van der Waals surface area contributed by atoms with Crippen molar-refractivity contribution in [3.63, 3.8) is 0 Å². The molecular weight excluding hydrogens is 400 g/mol. The van der Waals surface area contributed by atoms with Gasteiger partial charge in [-0.15, -0.1) is 0 Å². The normalized spacial score (nSPS) is 15.3. The van der Waals surface area contributed by atoms with E-state index in [-0.39, 0.29) is 11.9 Å². The summed E-state index contributed by atoms with van der Waals surface area (Å²) in [4.78, 5) is 18.5. The Hall–Kier alpha value is -4.06. The van der Waals surface area contributed by atoms with Crippen LogP contribution >= 0.6 is 0 Å². The maximum Gasteiger partial charge on any atom is 0.255 e. The average molecular weight is 425 g/mol. The fourth-order valence-electron chi connectivity index (χ4n) is 4.38. The number of imidazole rings is 1. The summed E-state index contributed by atoms with van der Waals surface area (Å²) >= 11 is 0. The van der Waals surface area contributed by atoms with Crippen LogP contribution in [0.1, 0.15) is 24.1 Å². The minimum Gasteiger partial charge on any atom is -0.495 e. The van der Waals surface area contributed by atoms with Gasteiger partial charge in [0.1, 0.15) is 5.75 Å². The van der Waals surface area contributed by atoms with Gasteiger partial charge in [-0.05, 0) is 49.2 Å². The number of anilines is 2. The van der Waals surface area contributed by atoms with E-state index < -0.39 is 0 Å². The van der Waals surface area contributed by atoms with Crippen molar-refractivity contribution in [2.24, 2.45) is 0 Å². The van der Waals surface area contributed by atoms with Crippen LogP contribution in [-0.4, -0.2) is 22.6 Å². The number of hydrogen-bond acceptors (Lipinski definition) is 4. The minimum absolute atomic E-state index is 0.184. The van der Waals surface area contributed by atoms with Crippen molar-refractivity contribution in [1.29, 1.82) is 0 Å². The number of allylic oxidation sites excluding steroid dienone is 1. The summed E-state index contributed by atoms with van der Waals surface area (Å²) in [5, 5.41) is 6.41. The predicted octanol–water partition coefficient (Wildman–Crippen LogP) is 5.28. The molecule has 4 aromatic rings. The minimum atomic E-state index is -0.324. The van der Waals surface area contributed by atoms with Gasteiger partial charge in [-0.25, -0.2) is 4.98 Å². The molecule has 0 saturated carbocycles. The van der Waals surface area contributed by atoms with Gasteiger partial charge in [0, 0.05) is 5.70 Å². The molecule has 0 bridgehead atoms. The Labute approximate surface area is 186 Å². The van der Waals surface area contributed by atoms with Gasteiger partial charge in [-0.3, -0.25) is 9.36 Å². The second-order valence-electron chi connectivity index (χ2n) is 7.87.